The Morgan fingerprint density at radius 3 is 2.71 bits per heavy atom. The van der Waals surface area contributed by atoms with Gasteiger partial charge in [-0.3, -0.25) is 4.98 Å². The third-order valence-electron chi connectivity index (χ3n) is 2.57. The lowest BCUT2D eigenvalue weighted by Gasteiger charge is -2.14. The van der Waals surface area contributed by atoms with Gasteiger partial charge in [0.25, 0.3) is 0 Å². The maximum atomic E-state index is 4.63. The van der Waals surface area contributed by atoms with Crippen molar-refractivity contribution in [2.45, 2.75) is 26.4 Å². The minimum absolute atomic E-state index is 0.420. The zero-order chi connectivity index (χ0) is 12.3. The molecule has 90 valence electrons. The molecular weight excluding hydrogens is 210 g/mol. The average molecular weight is 229 g/mol. The molecule has 0 fully saturated rings. The third kappa shape index (κ3) is 2.74. The zero-order valence-electron chi connectivity index (χ0n) is 10.6. The van der Waals surface area contributed by atoms with Gasteiger partial charge in [0.2, 0.25) is 0 Å². The van der Waals surface area contributed by atoms with Crippen LogP contribution in [0.3, 0.4) is 0 Å². The summed E-state index contributed by atoms with van der Waals surface area (Å²) in [6.45, 7) is 5.08. The molecule has 2 N–H and O–H groups in total. The van der Waals surface area contributed by atoms with Crippen molar-refractivity contribution < 1.29 is 0 Å². The highest BCUT2D eigenvalue weighted by Crippen LogP contribution is 2.23. The van der Waals surface area contributed by atoms with Gasteiger partial charge in [-0.2, -0.15) is 0 Å². The molecule has 0 aliphatic rings. The van der Waals surface area contributed by atoms with Crippen LogP contribution in [0, 0.1) is 0 Å². The molecular formula is C14H19N3. The summed E-state index contributed by atoms with van der Waals surface area (Å²) in [5.74, 6) is 0. The minimum atomic E-state index is 0.420. The van der Waals surface area contributed by atoms with Crippen LogP contribution in [0.15, 0.2) is 30.3 Å². The smallest absolute Gasteiger partial charge is 0.0726 e. The predicted molar refractivity (Wildman–Crippen MR) is 73.3 cm³/mol. The van der Waals surface area contributed by atoms with Gasteiger partial charge in [0, 0.05) is 23.7 Å². The molecule has 1 aromatic carbocycles. The molecule has 0 aliphatic carbocycles. The normalized spacial score (nSPS) is 11.1. The molecule has 3 heteroatoms. The molecule has 2 rings (SSSR count). The molecule has 0 radical (unpaired) electrons. The molecule has 1 heterocycles. The summed E-state index contributed by atoms with van der Waals surface area (Å²) in [6.07, 6.45) is 0. The highest BCUT2D eigenvalue weighted by atomic mass is 14.9. The van der Waals surface area contributed by atoms with Gasteiger partial charge in [-0.15, -0.1) is 0 Å². The Morgan fingerprint density at radius 2 is 2.00 bits per heavy atom. The van der Waals surface area contributed by atoms with E-state index in [1.807, 2.05) is 19.2 Å². The average Bonchev–Trinajstić information content (AvgIpc) is 2.29. The standard InChI is InChI=1S/C14H19N3/c1-10(2)16-14-8-11(9-15-3)17-13-7-5-4-6-12(13)14/h4-8,10,15H,9H2,1-3H3,(H,16,17). The van der Waals surface area contributed by atoms with Crippen LogP contribution in [0.4, 0.5) is 5.69 Å². The van der Waals surface area contributed by atoms with E-state index < -0.39 is 0 Å². The number of para-hydroxylation sites is 1. The SMILES string of the molecule is CNCc1cc(NC(C)C)c2ccccc2n1. The molecule has 3 nitrogen and oxygen atoms in total. The van der Waals surface area contributed by atoms with E-state index in [1.165, 1.54) is 5.39 Å². The molecule has 0 atom stereocenters. The first-order chi connectivity index (χ1) is 8.20. The van der Waals surface area contributed by atoms with Crippen molar-refractivity contribution >= 4 is 16.6 Å². The van der Waals surface area contributed by atoms with Gasteiger partial charge < -0.3 is 10.6 Å². The van der Waals surface area contributed by atoms with Gasteiger partial charge in [0.05, 0.1) is 11.2 Å². The van der Waals surface area contributed by atoms with Gasteiger partial charge in [-0.05, 0) is 33.0 Å². The van der Waals surface area contributed by atoms with Gasteiger partial charge >= 0.3 is 0 Å². The maximum absolute atomic E-state index is 4.63. The summed E-state index contributed by atoms with van der Waals surface area (Å²) in [7, 11) is 1.94. The fraction of sp³-hybridized carbons (Fsp3) is 0.357. The molecule has 0 amide bonds. The van der Waals surface area contributed by atoms with Gasteiger partial charge in [0.15, 0.2) is 0 Å². The molecule has 0 spiro atoms. The summed E-state index contributed by atoms with van der Waals surface area (Å²) in [5.41, 5.74) is 3.27. The third-order valence-corrected chi connectivity index (χ3v) is 2.57. The maximum Gasteiger partial charge on any atom is 0.0726 e. The van der Waals surface area contributed by atoms with Crippen LogP contribution >= 0.6 is 0 Å². The number of aromatic nitrogens is 1. The van der Waals surface area contributed by atoms with Crippen molar-refractivity contribution in [1.82, 2.24) is 10.3 Å². The van der Waals surface area contributed by atoms with E-state index in [1.54, 1.807) is 0 Å². The first-order valence-electron chi connectivity index (χ1n) is 6.00. The number of anilines is 1. The van der Waals surface area contributed by atoms with E-state index >= 15 is 0 Å². The summed E-state index contributed by atoms with van der Waals surface area (Å²) >= 11 is 0. The number of hydrogen-bond donors (Lipinski definition) is 2. The molecule has 1 aromatic heterocycles. The van der Waals surface area contributed by atoms with Crippen molar-refractivity contribution in [3.05, 3.63) is 36.0 Å². The van der Waals surface area contributed by atoms with Crippen molar-refractivity contribution in [2.75, 3.05) is 12.4 Å². The number of nitrogens with one attached hydrogen (secondary N) is 2. The van der Waals surface area contributed by atoms with E-state index in [0.717, 1.165) is 23.4 Å². The fourth-order valence-corrected chi connectivity index (χ4v) is 1.93. The highest BCUT2D eigenvalue weighted by Gasteiger charge is 2.05. The number of nitrogens with zero attached hydrogens (tertiary/aromatic N) is 1. The molecule has 0 saturated heterocycles. The number of pyridine rings is 1. The van der Waals surface area contributed by atoms with Crippen molar-refractivity contribution in [2.24, 2.45) is 0 Å². The Kier molecular flexibility index (Phi) is 3.59. The molecule has 0 bridgehead atoms. The second kappa shape index (κ2) is 5.15. The monoisotopic (exact) mass is 229 g/mol. The van der Waals surface area contributed by atoms with E-state index in [2.05, 4.69) is 47.7 Å². The number of hydrogen-bond acceptors (Lipinski definition) is 3. The van der Waals surface area contributed by atoms with Crippen molar-refractivity contribution in [3.63, 3.8) is 0 Å². The quantitative estimate of drug-likeness (QED) is 0.846. The minimum Gasteiger partial charge on any atom is -0.382 e. The Balaban J connectivity index is 2.52. The molecule has 17 heavy (non-hydrogen) atoms. The summed E-state index contributed by atoms with van der Waals surface area (Å²) in [6, 6.07) is 10.8. The molecule has 0 unspecified atom stereocenters. The highest BCUT2D eigenvalue weighted by molar-refractivity contribution is 5.91. The van der Waals surface area contributed by atoms with Crippen molar-refractivity contribution in [3.8, 4) is 0 Å². The number of fused-ring (bicyclic) bond motifs is 1. The van der Waals surface area contributed by atoms with Crippen LogP contribution in [0.25, 0.3) is 10.9 Å². The summed E-state index contributed by atoms with van der Waals surface area (Å²) < 4.78 is 0. The molecule has 0 aliphatic heterocycles. The van der Waals surface area contributed by atoms with E-state index in [9.17, 15) is 0 Å². The second-order valence-corrected chi connectivity index (χ2v) is 4.51. The van der Waals surface area contributed by atoms with Crippen molar-refractivity contribution in [1.29, 1.82) is 0 Å². The van der Waals surface area contributed by atoms with E-state index in [-0.39, 0.29) is 0 Å². The van der Waals surface area contributed by atoms with Gasteiger partial charge in [0.1, 0.15) is 0 Å². The second-order valence-electron chi connectivity index (χ2n) is 4.51. The largest absolute Gasteiger partial charge is 0.382 e. The lowest BCUT2D eigenvalue weighted by Crippen LogP contribution is -2.12. The van der Waals surface area contributed by atoms with Crippen LogP contribution in [0.5, 0.6) is 0 Å². The first-order valence-corrected chi connectivity index (χ1v) is 6.00. The Hall–Kier alpha value is -1.61. The van der Waals surface area contributed by atoms with Gasteiger partial charge in [-0.1, -0.05) is 18.2 Å². The summed E-state index contributed by atoms with van der Waals surface area (Å²) in [4.78, 5) is 4.63. The number of benzene rings is 1. The molecule has 0 saturated carbocycles. The predicted octanol–water partition coefficient (Wildman–Crippen LogP) is 2.77. The van der Waals surface area contributed by atoms with E-state index in [4.69, 9.17) is 0 Å². The Bertz CT molecular complexity index is 506. The Morgan fingerprint density at radius 1 is 1.24 bits per heavy atom. The van der Waals surface area contributed by atoms with Crippen LogP contribution in [-0.2, 0) is 6.54 Å². The number of rotatable bonds is 4. The van der Waals surface area contributed by atoms with Crippen LogP contribution < -0.4 is 10.6 Å². The van der Waals surface area contributed by atoms with Crippen LogP contribution in [0.2, 0.25) is 0 Å². The first kappa shape index (κ1) is 11.9. The zero-order valence-corrected chi connectivity index (χ0v) is 10.6. The lowest BCUT2D eigenvalue weighted by molar-refractivity contribution is 0.795. The fourth-order valence-electron chi connectivity index (χ4n) is 1.93. The Labute approximate surface area is 102 Å². The lowest BCUT2D eigenvalue weighted by atomic mass is 10.1. The summed E-state index contributed by atoms with van der Waals surface area (Å²) in [5, 5.41) is 7.80. The van der Waals surface area contributed by atoms with Crippen LogP contribution in [-0.4, -0.2) is 18.1 Å². The van der Waals surface area contributed by atoms with E-state index in [0.29, 0.717) is 6.04 Å². The molecule has 2 aromatic rings. The topological polar surface area (TPSA) is 37.0 Å². The van der Waals surface area contributed by atoms with Crippen LogP contribution in [0.1, 0.15) is 19.5 Å². The van der Waals surface area contributed by atoms with Gasteiger partial charge in [-0.25, -0.2) is 0 Å².